The van der Waals surface area contributed by atoms with E-state index in [9.17, 15) is 13.2 Å². The molecule has 0 unspecified atom stereocenters. The van der Waals surface area contributed by atoms with Crippen molar-refractivity contribution >= 4 is 15.9 Å². The first-order valence-electron chi connectivity index (χ1n) is 7.18. The molecule has 0 aromatic heterocycles. The number of benzene rings is 1. The van der Waals surface area contributed by atoms with E-state index in [4.69, 9.17) is 0 Å². The zero-order valence-corrected chi connectivity index (χ0v) is 13.3. The molecule has 1 amide bonds. The number of carbonyl (C=O) groups excluding carboxylic acids is 1. The van der Waals surface area contributed by atoms with Gasteiger partial charge < -0.3 is 5.32 Å². The number of hydrogen-bond donors (Lipinski definition) is 1. The van der Waals surface area contributed by atoms with Crippen LogP contribution in [0, 0.1) is 5.92 Å². The summed E-state index contributed by atoms with van der Waals surface area (Å²) in [5.74, 6) is -0.334. The van der Waals surface area contributed by atoms with Crippen molar-refractivity contribution in [3.63, 3.8) is 0 Å². The first-order valence-corrected chi connectivity index (χ1v) is 9.03. The van der Waals surface area contributed by atoms with Crippen LogP contribution in [-0.4, -0.2) is 38.0 Å². The molecule has 21 heavy (non-hydrogen) atoms. The Morgan fingerprint density at radius 3 is 2.62 bits per heavy atom. The van der Waals surface area contributed by atoms with E-state index in [-0.39, 0.29) is 24.4 Å². The Bertz CT molecular complexity index is 586. The Kier molecular flexibility index (Phi) is 5.00. The molecule has 6 heteroatoms. The molecule has 1 aromatic carbocycles. The highest BCUT2D eigenvalue weighted by Crippen LogP contribution is 2.20. The van der Waals surface area contributed by atoms with Crippen molar-refractivity contribution in [3.05, 3.63) is 35.9 Å². The smallest absolute Gasteiger partial charge is 0.224 e. The Morgan fingerprint density at radius 2 is 2.00 bits per heavy atom. The predicted molar refractivity (Wildman–Crippen MR) is 82.1 cm³/mol. The summed E-state index contributed by atoms with van der Waals surface area (Å²) in [6.45, 7) is 2.73. The number of piperidine rings is 1. The van der Waals surface area contributed by atoms with E-state index in [2.05, 4.69) is 5.32 Å². The van der Waals surface area contributed by atoms with Gasteiger partial charge in [-0.15, -0.1) is 0 Å². The number of nitrogens with one attached hydrogen (secondary N) is 1. The lowest BCUT2D eigenvalue weighted by molar-refractivity contribution is -0.126. The lowest BCUT2D eigenvalue weighted by Gasteiger charge is -2.30. The van der Waals surface area contributed by atoms with Crippen LogP contribution >= 0.6 is 0 Å². The molecule has 2 atom stereocenters. The maximum Gasteiger partial charge on any atom is 0.224 e. The van der Waals surface area contributed by atoms with E-state index in [1.165, 1.54) is 10.6 Å². The number of sulfonamides is 1. The fraction of sp³-hybridized carbons (Fsp3) is 0.533. The first-order chi connectivity index (χ1) is 9.88. The van der Waals surface area contributed by atoms with Crippen molar-refractivity contribution < 1.29 is 13.2 Å². The van der Waals surface area contributed by atoms with Gasteiger partial charge in [0.25, 0.3) is 0 Å². The quantitative estimate of drug-likeness (QED) is 0.917. The van der Waals surface area contributed by atoms with Crippen molar-refractivity contribution in [2.75, 3.05) is 19.3 Å². The van der Waals surface area contributed by atoms with Crippen molar-refractivity contribution in [1.82, 2.24) is 9.62 Å². The van der Waals surface area contributed by atoms with Crippen molar-refractivity contribution in [3.8, 4) is 0 Å². The Morgan fingerprint density at radius 1 is 1.33 bits per heavy atom. The number of nitrogens with zero attached hydrogens (tertiary/aromatic N) is 1. The SMILES string of the molecule is C[C@@H](NC(=O)[C@H]1CCCN(S(C)(=O)=O)C1)c1ccccc1. The summed E-state index contributed by atoms with van der Waals surface area (Å²) in [6, 6.07) is 9.66. The molecule has 5 nitrogen and oxygen atoms in total. The minimum atomic E-state index is -3.22. The molecule has 116 valence electrons. The van der Waals surface area contributed by atoms with Gasteiger partial charge in [-0.05, 0) is 25.3 Å². The van der Waals surface area contributed by atoms with Crippen LogP contribution in [0.5, 0.6) is 0 Å². The Hall–Kier alpha value is -1.40. The highest BCUT2D eigenvalue weighted by molar-refractivity contribution is 7.88. The highest BCUT2D eigenvalue weighted by Gasteiger charge is 2.30. The third kappa shape index (κ3) is 4.28. The fourth-order valence-corrected chi connectivity index (χ4v) is 3.53. The molecule has 2 rings (SSSR count). The van der Waals surface area contributed by atoms with Crippen LogP contribution in [0.3, 0.4) is 0 Å². The molecule has 1 saturated heterocycles. The van der Waals surface area contributed by atoms with Gasteiger partial charge in [-0.3, -0.25) is 4.79 Å². The summed E-state index contributed by atoms with van der Waals surface area (Å²) in [5, 5.41) is 2.98. The second-order valence-electron chi connectivity index (χ2n) is 5.60. The molecule has 0 spiro atoms. The van der Waals surface area contributed by atoms with Gasteiger partial charge in [0.2, 0.25) is 15.9 Å². The average Bonchev–Trinajstić information content (AvgIpc) is 2.47. The van der Waals surface area contributed by atoms with E-state index in [1.54, 1.807) is 0 Å². The van der Waals surface area contributed by atoms with E-state index in [1.807, 2.05) is 37.3 Å². The van der Waals surface area contributed by atoms with E-state index in [0.717, 1.165) is 18.4 Å². The summed E-state index contributed by atoms with van der Waals surface area (Å²) >= 11 is 0. The molecule has 1 aromatic rings. The minimum Gasteiger partial charge on any atom is -0.349 e. The highest BCUT2D eigenvalue weighted by atomic mass is 32.2. The van der Waals surface area contributed by atoms with Gasteiger partial charge in [-0.2, -0.15) is 0 Å². The van der Waals surface area contributed by atoms with Crippen molar-refractivity contribution in [1.29, 1.82) is 0 Å². The molecule has 0 aliphatic carbocycles. The minimum absolute atomic E-state index is 0.0697. The monoisotopic (exact) mass is 310 g/mol. The standard InChI is InChI=1S/C15H22N2O3S/c1-12(13-7-4-3-5-8-13)16-15(18)14-9-6-10-17(11-14)21(2,19)20/h3-5,7-8,12,14H,6,9-11H2,1-2H3,(H,16,18)/t12-,14+/m1/s1. The van der Waals surface area contributed by atoms with Crippen LogP contribution in [0.1, 0.15) is 31.4 Å². The molecule has 0 radical (unpaired) electrons. The molecule has 1 heterocycles. The second kappa shape index (κ2) is 6.58. The molecular formula is C15H22N2O3S. The number of hydrogen-bond acceptors (Lipinski definition) is 3. The topological polar surface area (TPSA) is 66.5 Å². The van der Waals surface area contributed by atoms with Gasteiger partial charge in [-0.25, -0.2) is 12.7 Å². The molecule has 0 saturated carbocycles. The van der Waals surface area contributed by atoms with Crippen LogP contribution in [0.15, 0.2) is 30.3 Å². The Balaban J connectivity index is 1.97. The van der Waals surface area contributed by atoms with E-state index >= 15 is 0 Å². The summed E-state index contributed by atoms with van der Waals surface area (Å²) in [5.41, 5.74) is 1.04. The maximum absolute atomic E-state index is 12.3. The predicted octanol–water partition coefficient (Wildman–Crippen LogP) is 1.54. The van der Waals surface area contributed by atoms with Gasteiger partial charge >= 0.3 is 0 Å². The lowest BCUT2D eigenvalue weighted by Crippen LogP contribution is -2.45. The molecular weight excluding hydrogens is 288 g/mol. The molecule has 1 aliphatic heterocycles. The van der Waals surface area contributed by atoms with Gasteiger partial charge in [0.1, 0.15) is 0 Å². The van der Waals surface area contributed by atoms with Crippen molar-refractivity contribution in [2.45, 2.75) is 25.8 Å². The summed E-state index contributed by atoms with van der Waals surface area (Å²) < 4.78 is 24.6. The van der Waals surface area contributed by atoms with Gasteiger partial charge in [0.15, 0.2) is 0 Å². The zero-order chi connectivity index (χ0) is 15.5. The molecule has 1 aliphatic rings. The van der Waals surface area contributed by atoms with Crippen molar-refractivity contribution in [2.24, 2.45) is 5.92 Å². The Labute approximate surface area is 126 Å². The number of carbonyl (C=O) groups is 1. The number of amides is 1. The van der Waals surface area contributed by atoms with Gasteiger partial charge in [0.05, 0.1) is 18.2 Å². The first kappa shape index (κ1) is 16.0. The van der Waals surface area contributed by atoms with Crippen LogP contribution in [0.2, 0.25) is 0 Å². The van der Waals surface area contributed by atoms with Crippen LogP contribution in [-0.2, 0) is 14.8 Å². The van der Waals surface area contributed by atoms with Gasteiger partial charge in [-0.1, -0.05) is 30.3 Å². The largest absolute Gasteiger partial charge is 0.349 e. The van der Waals surface area contributed by atoms with Crippen LogP contribution < -0.4 is 5.32 Å². The number of rotatable bonds is 4. The normalized spacial score (nSPS) is 21.7. The summed E-state index contributed by atoms with van der Waals surface area (Å²) in [6.07, 6.45) is 2.66. The molecule has 0 bridgehead atoms. The third-order valence-electron chi connectivity index (χ3n) is 3.88. The third-order valence-corrected chi connectivity index (χ3v) is 5.15. The van der Waals surface area contributed by atoms with Gasteiger partial charge in [0, 0.05) is 13.1 Å². The summed E-state index contributed by atoms with van der Waals surface area (Å²) in [7, 11) is -3.22. The average molecular weight is 310 g/mol. The fourth-order valence-electron chi connectivity index (χ4n) is 2.61. The zero-order valence-electron chi connectivity index (χ0n) is 12.5. The second-order valence-corrected chi connectivity index (χ2v) is 7.58. The maximum atomic E-state index is 12.3. The lowest BCUT2D eigenvalue weighted by atomic mass is 9.98. The van der Waals surface area contributed by atoms with Crippen LogP contribution in [0.25, 0.3) is 0 Å². The molecule has 1 fully saturated rings. The van der Waals surface area contributed by atoms with Crippen LogP contribution in [0.4, 0.5) is 0 Å². The molecule has 1 N–H and O–H groups in total. The summed E-state index contributed by atoms with van der Waals surface area (Å²) in [4.78, 5) is 12.3. The van der Waals surface area contributed by atoms with E-state index < -0.39 is 10.0 Å². The van der Waals surface area contributed by atoms with E-state index in [0.29, 0.717) is 6.54 Å².